The van der Waals surface area contributed by atoms with Crippen LogP contribution in [-0.4, -0.2) is 35.8 Å². The average Bonchev–Trinajstić information content (AvgIpc) is 3.44. The van der Waals surface area contributed by atoms with Crippen LogP contribution in [0.4, 0.5) is 11.5 Å². The fourth-order valence-corrected chi connectivity index (χ4v) is 3.32. The van der Waals surface area contributed by atoms with Crippen molar-refractivity contribution in [3.05, 3.63) is 78.3 Å². The van der Waals surface area contributed by atoms with Gasteiger partial charge in [-0.1, -0.05) is 12.1 Å². The van der Waals surface area contributed by atoms with Crippen LogP contribution in [0.15, 0.2) is 67.1 Å². The largest absolute Gasteiger partial charge is 0.340 e. The normalized spacial score (nSPS) is 15.1. The first kappa shape index (κ1) is 17.8. The van der Waals surface area contributed by atoms with E-state index in [1.165, 1.54) is 0 Å². The van der Waals surface area contributed by atoms with Gasteiger partial charge < -0.3 is 15.2 Å². The molecule has 1 saturated heterocycles. The van der Waals surface area contributed by atoms with E-state index in [9.17, 15) is 9.59 Å². The third-order valence-corrected chi connectivity index (χ3v) is 4.72. The Labute approximate surface area is 171 Å². The quantitative estimate of drug-likeness (QED) is 0.393. The summed E-state index contributed by atoms with van der Waals surface area (Å²) in [6, 6.07) is 9.88. The van der Waals surface area contributed by atoms with Crippen LogP contribution in [-0.2, 0) is 16.1 Å². The fraction of sp³-hybridized carbons (Fsp3) is 0.0952. The van der Waals surface area contributed by atoms with Gasteiger partial charge in [-0.05, 0) is 29.8 Å². The molecular formula is C21H17N7O2. The molecule has 0 aliphatic carbocycles. The Morgan fingerprint density at radius 2 is 2.13 bits per heavy atom. The summed E-state index contributed by atoms with van der Waals surface area (Å²) in [5.74, 6) is 0.112. The lowest BCUT2D eigenvalue weighted by molar-refractivity contribution is -0.121. The average molecular weight is 399 g/mol. The molecule has 4 aromatic rings. The number of nitrogens with one attached hydrogen (secondary N) is 2. The molecular weight excluding hydrogens is 382 g/mol. The van der Waals surface area contributed by atoms with E-state index in [2.05, 4.69) is 37.8 Å². The second kappa shape index (κ2) is 7.28. The minimum absolute atomic E-state index is 0.124. The van der Waals surface area contributed by atoms with Gasteiger partial charge >= 0.3 is 0 Å². The van der Waals surface area contributed by atoms with E-state index in [1.54, 1.807) is 35.5 Å². The van der Waals surface area contributed by atoms with Gasteiger partial charge in [0.2, 0.25) is 5.91 Å². The first-order chi connectivity index (χ1) is 14.6. The van der Waals surface area contributed by atoms with Crippen molar-refractivity contribution < 1.29 is 9.59 Å². The lowest BCUT2D eigenvalue weighted by atomic mass is 10.2. The number of nitrogens with zero attached hydrogens (tertiary/aromatic N) is 5. The number of benzene rings is 1. The Kier molecular flexibility index (Phi) is 4.32. The highest BCUT2D eigenvalue weighted by atomic mass is 16.2. The number of anilines is 2. The van der Waals surface area contributed by atoms with Crippen LogP contribution in [0.2, 0.25) is 0 Å². The van der Waals surface area contributed by atoms with Crippen molar-refractivity contribution >= 4 is 34.9 Å². The van der Waals surface area contributed by atoms with Gasteiger partial charge in [0.1, 0.15) is 5.82 Å². The summed E-state index contributed by atoms with van der Waals surface area (Å²) >= 11 is 0. The number of aromatic nitrogens is 5. The van der Waals surface area contributed by atoms with Crippen molar-refractivity contribution in [2.45, 2.75) is 13.0 Å². The maximum Gasteiger partial charge on any atom is 0.232 e. The van der Waals surface area contributed by atoms with Gasteiger partial charge in [-0.25, -0.2) is 14.5 Å². The van der Waals surface area contributed by atoms with Crippen molar-refractivity contribution in [2.75, 3.05) is 5.32 Å². The summed E-state index contributed by atoms with van der Waals surface area (Å²) in [4.78, 5) is 32.0. The van der Waals surface area contributed by atoms with Gasteiger partial charge in [0.15, 0.2) is 11.4 Å². The van der Waals surface area contributed by atoms with Crippen LogP contribution < -0.4 is 10.6 Å². The molecule has 148 valence electrons. The van der Waals surface area contributed by atoms with E-state index in [4.69, 9.17) is 0 Å². The highest BCUT2D eigenvalue weighted by molar-refractivity contribution is 6.17. The summed E-state index contributed by atoms with van der Waals surface area (Å²) < 4.78 is 3.62. The molecule has 0 atom stereocenters. The summed E-state index contributed by atoms with van der Waals surface area (Å²) in [5, 5.41) is 10.1. The van der Waals surface area contributed by atoms with Crippen molar-refractivity contribution in [1.82, 2.24) is 29.5 Å². The van der Waals surface area contributed by atoms with E-state index >= 15 is 0 Å². The second-order valence-electron chi connectivity index (χ2n) is 6.95. The molecule has 4 heterocycles. The van der Waals surface area contributed by atoms with Crippen LogP contribution in [0, 0.1) is 0 Å². The lowest BCUT2D eigenvalue weighted by Crippen LogP contribution is -2.12. The van der Waals surface area contributed by atoms with E-state index in [-0.39, 0.29) is 23.8 Å². The Balaban J connectivity index is 1.41. The number of carbonyl (C=O) groups is 2. The zero-order valence-corrected chi connectivity index (χ0v) is 15.8. The monoisotopic (exact) mass is 399 g/mol. The molecule has 1 aromatic carbocycles. The Morgan fingerprint density at radius 3 is 2.93 bits per heavy atom. The molecule has 1 amide bonds. The molecule has 3 aromatic heterocycles. The predicted octanol–water partition coefficient (Wildman–Crippen LogP) is 2.15. The lowest BCUT2D eigenvalue weighted by Gasteiger charge is -2.09. The molecule has 5 rings (SSSR count). The molecule has 0 radical (unpaired) electrons. The number of carbonyl (C=O) groups excluding carboxylic acids is 2. The van der Waals surface area contributed by atoms with Crippen LogP contribution >= 0.6 is 0 Å². The number of fused-ring (bicyclic) bond motifs is 1. The molecule has 0 saturated carbocycles. The molecule has 9 nitrogen and oxygen atoms in total. The van der Waals surface area contributed by atoms with Gasteiger partial charge in [-0.15, -0.1) is 0 Å². The summed E-state index contributed by atoms with van der Waals surface area (Å²) in [7, 11) is 0. The molecule has 1 aliphatic heterocycles. The van der Waals surface area contributed by atoms with E-state index < -0.39 is 0 Å². The van der Waals surface area contributed by atoms with Crippen LogP contribution in [0.1, 0.15) is 17.5 Å². The number of allylic oxidation sites excluding steroid dienone is 1. The van der Waals surface area contributed by atoms with E-state index in [0.717, 1.165) is 17.8 Å². The minimum Gasteiger partial charge on any atom is -0.340 e. The SMILES string of the molecule is O=C1CC(=O)/C(=C\c2cnn3ccc(Nc4cccc(Cn5ccnc5)c4)nc23)N1. The zero-order valence-electron chi connectivity index (χ0n) is 15.8. The molecule has 1 fully saturated rings. The smallest absolute Gasteiger partial charge is 0.232 e. The van der Waals surface area contributed by atoms with Gasteiger partial charge in [-0.3, -0.25) is 9.59 Å². The van der Waals surface area contributed by atoms with Gasteiger partial charge in [0, 0.05) is 36.4 Å². The zero-order chi connectivity index (χ0) is 20.5. The van der Waals surface area contributed by atoms with E-state index in [1.807, 2.05) is 29.0 Å². The van der Waals surface area contributed by atoms with Crippen LogP contribution in [0.25, 0.3) is 11.7 Å². The molecule has 9 heteroatoms. The number of rotatable bonds is 5. The van der Waals surface area contributed by atoms with Gasteiger partial charge in [-0.2, -0.15) is 5.10 Å². The molecule has 0 spiro atoms. The molecule has 1 aliphatic rings. The Morgan fingerprint density at radius 1 is 1.20 bits per heavy atom. The van der Waals surface area contributed by atoms with E-state index in [0.29, 0.717) is 17.0 Å². The first-order valence-electron chi connectivity index (χ1n) is 9.35. The number of amides is 1. The number of Topliss-reactive ketones (excluding diaryl/α,β-unsaturated/α-hetero) is 1. The first-order valence-corrected chi connectivity index (χ1v) is 9.35. The standard InChI is InChI=1S/C21H17N7O2/c29-18-10-20(30)25-17(18)9-15-11-23-28-6-4-19(26-21(15)28)24-16-3-1-2-14(8-16)12-27-7-5-22-13-27/h1-9,11,13H,10,12H2,(H,24,26)(H,25,30)/b17-9+. The van der Waals surface area contributed by atoms with Crippen LogP contribution in [0.3, 0.4) is 0 Å². The third-order valence-electron chi connectivity index (χ3n) is 4.72. The van der Waals surface area contributed by atoms with Crippen molar-refractivity contribution in [2.24, 2.45) is 0 Å². The molecule has 30 heavy (non-hydrogen) atoms. The number of hydrogen-bond donors (Lipinski definition) is 2. The van der Waals surface area contributed by atoms with Crippen molar-refractivity contribution in [3.63, 3.8) is 0 Å². The maximum atomic E-state index is 11.9. The topological polar surface area (TPSA) is 106 Å². The highest BCUT2D eigenvalue weighted by Gasteiger charge is 2.24. The Bertz CT molecular complexity index is 1290. The van der Waals surface area contributed by atoms with Crippen LogP contribution in [0.5, 0.6) is 0 Å². The second-order valence-corrected chi connectivity index (χ2v) is 6.95. The number of hydrogen-bond acceptors (Lipinski definition) is 6. The highest BCUT2D eigenvalue weighted by Crippen LogP contribution is 2.20. The van der Waals surface area contributed by atoms with Crippen molar-refractivity contribution in [3.8, 4) is 0 Å². The summed E-state index contributed by atoms with van der Waals surface area (Å²) in [5.41, 5.74) is 3.53. The summed E-state index contributed by atoms with van der Waals surface area (Å²) in [6.07, 6.45) is 10.3. The maximum absolute atomic E-state index is 11.9. The van der Waals surface area contributed by atoms with Gasteiger partial charge in [0.05, 0.1) is 24.6 Å². The minimum atomic E-state index is -0.298. The predicted molar refractivity (Wildman–Crippen MR) is 110 cm³/mol. The third kappa shape index (κ3) is 3.55. The molecule has 0 bridgehead atoms. The number of ketones is 1. The van der Waals surface area contributed by atoms with Crippen molar-refractivity contribution in [1.29, 1.82) is 0 Å². The fourth-order valence-electron chi connectivity index (χ4n) is 3.32. The molecule has 0 unspecified atom stereocenters. The van der Waals surface area contributed by atoms with Gasteiger partial charge in [0.25, 0.3) is 0 Å². The molecule has 2 N–H and O–H groups in total. The Hall–Kier alpha value is -4.27. The summed E-state index contributed by atoms with van der Waals surface area (Å²) in [6.45, 7) is 0.724. The number of imidazole rings is 1.